The lowest BCUT2D eigenvalue weighted by atomic mass is 10.2. The quantitative estimate of drug-likeness (QED) is 0.734. The molecule has 0 atom stereocenters. The molecule has 0 saturated heterocycles. The Kier molecular flexibility index (Phi) is 6.15. The summed E-state index contributed by atoms with van der Waals surface area (Å²) in [6.45, 7) is 0. The molecule has 0 heterocycles. The highest BCUT2D eigenvalue weighted by Crippen LogP contribution is 2.27. The van der Waals surface area contributed by atoms with Crippen LogP contribution < -0.4 is 19.7 Å². The van der Waals surface area contributed by atoms with Gasteiger partial charge in [0.25, 0.3) is 15.9 Å². The second kappa shape index (κ2) is 8.32. The molecule has 0 radical (unpaired) electrons. The second-order valence-corrected chi connectivity index (χ2v) is 6.45. The first-order valence-corrected chi connectivity index (χ1v) is 8.77. The maximum Gasteiger partial charge on any atom is 0.266 e. The minimum absolute atomic E-state index is 0.215. The van der Waals surface area contributed by atoms with Crippen molar-refractivity contribution >= 4 is 22.0 Å². The molecule has 2 aromatic rings. The molecule has 0 unspecified atom stereocenters. The number of methoxy groups -OCH3 is 2. The van der Waals surface area contributed by atoms with Crippen LogP contribution in [0, 0.1) is 0 Å². The van der Waals surface area contributed by atoms with Crippen LogP contribution in [0.5, 0.6) is 11.5 Å². The van der Waals surface area contributed by atoms with Gasteiger partial charge in [0.2, 0.25) is 0 Å². The summed E-state index contributed by atoms with van der Waals surface area (Å²) in [7, 11) is -0.912. The van der Waals surface area contributed by atoms with Crippen LogP contribution in [0.4, 0.5) is 0 Å². The van der Waals surface area contributed by atoms with E-state index in [0.717, 1.165) is 11.0 Å². The standard InChI is InChI=1S/C17H18N2O5S/c1-23-15-9-8-14(12-16(15)24-2)17(20)18-19-25(21,22)11-10-13-6-4-3-5-7-13/h3-12,19H,1-2H3,(H,18,20)/b11-10+. The van der Waals surface area contributed by atoms with Crippen molar-refractivity contribution in [3.8, 4) is 11.5 Å². The van der Waals surface area contributed by atoms with Crippen LogP contribution in [0.15, 0.2) is 53.9 Å². The summed E-state index contributed by atoms with van der Waals surface area (Å²) >= 11 is 0. The maximum atomic E-state index is 12.1. The summed E-state index contributed by atoms with van der Waals surface area (Å²) in [6, 6.07) is 13.4. The van der Waals surface area contributed by atoms with E-state index >= 15 is 0 Å². The van der Waals surface area contributed by atoms with Gasteiger partial charge in [0, 0.05) is 11.0 Å². The monoisotopic (exact) mass is 362 g/mol. The van der Waals surface area contributed by atoms with Gasteiger partial charge in [-0.3, -0.25) is 10.2 Å². The Labute approximate surface area is 146 Å². The average Bonchev–Trinajstić information content (AvgIpc) is 2.65. The fourth-order valence-electron chi connectivity index (χ4n) is 1.93. The van der Waals surface area contributed by atoms with E-state index in [4.69, 9.17) is 9.47 Å². The number of hydrogen-bond donors (Lipinski definition) is 2. The Hall–Kier alpha value is -2.84. The van der Waals surface area contributed by atoms with Crippen molar-refractivity contribution in [1.82, 2.24) is 10.3 Å². The van der Waals surface area contributed by atoms with Gasteiger partial charge in [0.05, 0.1) is 14.2 Å². The van der Waals surface area contributed by atoms with Crippen molar-refractivity contribution in [2.75, 3.05) is 14.2 Å². The predicted octanol–water partition coefficient (Wildman–Crippen LogP) is 1.94. The second-order valence-electron chi connectivity index (χ2n) is 4.88. The van der Waals surface area contributed by atoms with Crippen LogP contribution in [0.3, 0.4) is 0 Å². The summed E-state index contributed by atoms with van der Waals surface area (Å²) in [5.41, 5.74) is 3.08. The van der Waals surface area contributed by atoms with E-state index < -0.39 is 15.9 Å². The third-order valence-corrected chi connectivity index (χ3v) is 4.07. The molecule has 25 heavy (non-hydrogen) atoms. The van der Waals surface area contributed by atoms with Crippen LogP contribution >= 0.6 is 0 Å². The zero-order valence-electron chi connectivity index (χ0n) is 13.7. The molecule has 1 amide bonds. The molecule has 8 heteroatoms. The lowest BCUT2D eigenvalue weighted by molar-refractivity contribution is 0.0945. The van der Waals surface area contributed by atoms with Crippen LogP contribution in [-0.2, 0) is 10.0 Å². The van der Waals surface area contributed by atoms with Crippen molar-refractivity contribution in [2.24, 2.45) is 0 Å². The SMILES string of the molecule is COc1ccc(C(=O)NNS(=O)(=O)/C=C/c2ccccc2)cc1OC. The number of ether oxygens (including phenoxy) is 2. The highest BCUT2D eigenvalue weighted by molar-refractivity contribution is 7.92. The van der Waals surface area contributed by atoms with E-state index in [0.29, 0.717) is 11.5 Å². The van der Waals surface area contributed by atoms with E-state index in [1.165, 1.54) is 32.4 Å². The van der Waals surface area contributed by atoms with Gasteiger partial charge < -0.3 is 9.47 Å². The molecule has 0 bridgehead atoms. The molecular formula is C17H18N2O5S. The van der Waals surface area contributed by atoms with Gasteiger partial charge in [0.1, 0.15) is 0 Å². The number of hydrazine groups is 1. The Morgan fingerprint density at radius 2 is 1.68 bits per heavy atom. The van der Waals surface area contributed by atoms with Gasteiger partial charge in [-0.05, 0) is 29.8 Å². The van der Waals surface area contributed by atoms with E-state index in [1.54, 1.807) is 30.3 Å². The third kappa shape index (κ3) is 5.33. The maximum absolute atomic E-state index is 12.1. The van der Waals surface area contributed by atoms with Crippen molar-refractivity contribution in [3.63, 3.8) is 0 Å². The van der Waals surface area contributed by atoms with E-state index in [2.05, 4.69) is 5.43 Å². The lowest BCUT2D eigenvalue weighted by Crippen LogP contribution is -2.40. The number of amides is 1. The Bertz CT molecular complexity index is 864. The number of hydrogen-bond acceptors (Lipinski definition) is 5. The first kappa shape index (κ1) is 18.5. The Balaban J connectivity index is 2.02. The van der Waals surface area contributed by atoms with Gasteiger partial charge in [-0.2, -0.15) is 0 Å². The third-order valence-electron chi connectivity index (χ3n) is 3.19. The summed E-state index contributed by atoms with van der Waals surface area (Å²) in [4.78, 5) is 14.1. The number of rotatable bonds is 7. The molecule has 0 saturated carbocycles. The van der Waals surface area contributed by atoms with E-state index in [1.807, 2.05) is 10.9 Å². The zero-order chi connectivity index (χ0) is 18.3. The highest BCUT2D eigenvalue weighted by atomic mass is 32.2. The van der Waals surface area contributed by atoms with Gasteiger partial charge in [-0.25, -0.2) is 8.42 Å². The van der Waals surface area contributed by atoms with Crippen molar-refractivity contribution in [1.29, 1.82) is 0 Å². The smallest absolute Gasteiger partial charge is 0.266 e. The van der Waals surface area contributed by atoms with Gasteiger partial charge in [0.15, 0.2) is 11.5 Å². The summed E-state index contributed by atoms with van der Waals surface area (Å²) in [6.07, 6.45) is 1.42. The van der Waals surface area contributed by atoms with E-state index in [-0.39, 0.29) is 5.56 Å². The molecule has 0 aliphatic carbocycles. The Morgan fingerprint density at radius 1 is 1.00 bits per heavy atom. The Morgan fingerprint density at radius 3 is 2.32 bits per heavy atom. The molecule has 0 spiro atoms. The zero-order valence-corrected chi connectivity index (χ0v) is 14.5. The predicted molar refractivity (Wildman–Crippen MR) is 94.5 cm³/mol. The summed E-state index contributed by atoms with van der Waals surface area (Å²) < 4.78 is 34.0. The van der Waals surface area contributed by atoms with Crippen molar-refractivity contribution in [2.45, 2.75) is 0 Å². The number of nitrogens with one attached hydrogen (secondary N) is 2. The number of benzene rings is 2. The van der Waals surface area contributed by atoms with Crippen LogP contribution in [0.2, 0.25) is 0 Å². The molecule has 132 valence electrons. The summed E-state index contributed by atoms with van der Waals surface area (Å²) in [5.74, 6) is 0.199. The number of carbonyl (C=O) groups is 1. The molecule has 2 aromatic carbocycles. The average molecular weight is 362 g/mol. The molecule has 0 fully saturated rings. The van der Waals surface area contributed by atoms with Crippen molar-refractivity contribution in [3.05, 3.63) is 65.1 Å². The fraction of sp³-hybridized carbons (Fsp3) is 0.118. The minimum Gasteiger partial charge on any atom is -0.493 e. The van der Waals surface area contributed by atoms with Crippen molar-refractivity contribution < 1.29 is 22.7 Å². The summed E-state index contributed by atoms with van der Waals surface area (Å²) in [5, 5.41) is 0.969. The molecule has 2 N–H and O–H groups in total. The van der Waals surface area contributed by atoms with Crippen LogP contribution in [0.1, 0.15) is 15.9 Å². The lowest BCUT2D eigenvalue weighted by Gasteiger charge is -2.10. The number of carbonyl (C=O) groups excluding carboxylic acids is 1. The molecule has 7 nitrogen and oxygen atoms in total. The van der Waals surface area contributed by atoms with E-state index in [9.17, 15) is 13.2 Å². The largest absolute Gasteiger partial charge is 0.493 e. The van der Waals surface area contributed by atoms with Gasteiger partial charge >= 0.3 is 0 Å². The first-order chi connectivity index (χ1) is 11.9. The van der Waals surface area contributed by atoms with Gasteiger partial charge in [-0.1, -0.05) is 30.3 Å². The minimum atomic E-state index is -3.83. The number of sulfonamides is 1. The molecule has 0 aliphatic heterocycles. The topological polar surface area (TPSA) is 93.7 Å². The van der Waals surface area contributed by atoms with Crippen LogP contribution in [-0.4, -0.2) is 28.5 Å². The molecule has 2 rings (SSSR count). The molecule has 0 aliphatic rings. The highest BCUT2D eigenvalue weighted by Gasteiger charge is 2.13. The molecular weight excluding hydrogens is 344 g/mol. The fourth-order valence-corrected chi connectivity index (χ4v) is 2.57. The molecule has 0 aromatic heterocycles. The van der Waals surface area contributed by atoms with Gasteiger partial charge in [-0.15, -0.1) is 4.83 Å². The first-order valence-electron chi connectivity index (χ1n) is 7.22. The van der Waals surface area contributed by atoms with Crippen LogP contribution in [0.25, 0.3) is 6.08 Å². The normalized spacial score (nSPS) is 11.3.